The first kappa shape index (κ1) is 15.9. The maximum atomic E-state index is 11.7. The number of rotatable bonds is 7. The molecule has 2 heterocycles. The summed E-state index contributed by atoms with van der Waals surface area (Å²) >= 11 is 0. The van der Waals surface area contributed by atoms with Crippen molar-refractivity contribution >= 4 is 16.9 Å². The second-order valence-electron chi connectivity index (χ2n) is 5.22. The van der Waals surface area contributed by atoms with Crippen molar-refractivity contribution in [2.24, 2.45) is 0 Å². The first-order chi connectivity index (χ1) is 10.6. The van der Waals surface area contributed by atoms with Crippen LogP contribution in [0.3, 0.4) is 0 Å². The number of nitrogens with zero attached hydrogens (tertiary/aromatic N) is 2. The quantitative estimate of drug-likeness (QED) is 0.604. The van der Waals surface area contributed by atoms with E-state index in [2.05, 4.69) is 23.5 Å². The third-order valence-electron chi connectivity index (χ3n) is 3.64. The van der Waals surface area contributed by atoms with Crippen molar-refractivity contribution in [3.63, 3.8) is 0 Å². The third-order valence-corrected chi connectivity index (χ3v) is 3.64. The van der Waals surface area contributed by atoms with Crippen molar-refractivity contribution < 1.29 is 15.0 Å². The van der Waals surface area contributed by atoms with Gasteiger partial charge in [0.15, 0.2) is 0 Å². The van der Waals surface area contributed by atoms with Gasteiger partial charge in [0.25, 0.3) is 0 Å². The van der Waals surface area contributed by atoms with E-state index in [-0.39, 0.29) is 11.3 Å². The molecule has 0 bridgehead atoms. The van der Waals surface area contributed by atoms with Crippen LogP contribution in [0.1, 0.15) is 47.8 Å². The number of unbranched alkanes of at least 4 members (excludes halogenated alkanes) is 2. The summed E-state index contributed by atoms with van der Waals surface area (Å²) in [5.41, 5.74) is 1.81. The number of aromatic carboxylic acids is 1. The molecular formula is C17H20N2O3. The average molecular weight is 300 g/mol. The van der Waals surface area contributed by atoms with Gasteiger partial charge in [-0.25, -0.2) is 9.78 Å². The fourth-order valence-corrected chi connectivity index (χ4v) is 2.67. The first-order valence-electron chi connectivity index (χ1n) is 7.42. The minimum atomic E-state index is -1.02. The molecule has 0 aliphatic heterocycles. The van der Waals surface area contributed by atoms with Crippen molar-refractivity contribution in [2.45, 2.75) is 39.0 Å². The minimum Gasteiger partial charge on any atom is -0.506 e. The summed E-state index contributed by atoms with van der Waals surface area (Å²) in [6.07, 6.45) is 8.38. The predicted molar refractivity (Wildman–Crippen MR) is 85.3 cm³/mol. The van der Waals surface area contributed by atoms with Gasteiger partial charge in [-0.2, -0.15) is 0 Å². The highest BCUT2D eigenvalue weighted by Gasteiger charge is 2.21. The Hall–Kier alpha value is -2.43. The van der Waals surface area contributed by atoms with Gasteiger partial charge >= 0.3 is 5.97 Å². The van der Waals surface area contributed by atoms with Gasteiger partial charge in [-0.1, -0.05) is 25.8 Å². The summed E-state index contributed by atoms with van der Waals surface area (Å²) in [7, 11) is 0. The van der Waals surface area contributed by atoms with Gasteiger partial charge in [-0.3, -0.25) is 4.98 Å². The fourth-order valence-electron chi connectivity index (χ4n) is 2.67. The van der Waals surface area contributed by atoms with Crippen molar-refractivity contribution in [3.8, 4) is 5.75 Å². The lowest BCUT2D eigenvalue weighted by Gasteiger charge is -2.14. The molecule has 0 unspecified atom stereocenters. The zero-order valence-corrected chi connectivity index (χ0v) is 12.7. The average Bonchev–Trinajstić information content (AvgIpc) is 2.47. The molecule has 2 aromatic rings. The largest absolute Gasteiger partial charge is 0.506 e. The smallest absolute Gasteiger partial charge is 0.337 e. The third kappa shape index (κ3) is 3.08. The number of fused-ring (bicyclic) bond motifs is 1. The molecule has 2 N–H and O–H groups in total. The van der Waals surface area contributed by atoms with Crippen LogP contribution in [0.15, 0.2) is 25.0 Å². The lowest BCUT2D eigenvalue weighted by Crippen LogP contribution is -2.11. The van der Waals surface area contributed by atoms with E-state index in [1.165, 1.54) is 6.20 Å². The predicted octanol–water partition coefficient (Wildman–Crippen LogP) is 3.49. The van der Waals surface area contributed by atoms with Crippen molar-refractivity contribution in [3.05, 3.63) is 41.9 Å². The van der Waals surface area contributed by atoms with Crippen molar-refractivity contribution in [2.75, 3.05) is 0 Å². The van der Waals surface area contributed by atoms with Crippen LogP contribution in [0.4, 0.5) is 0 Å². The lowest BCUT2D eigenvalue weighted by molar-refractivity contribution is 0.0694. The Morgan fingerprint density at radius 1 is 1.36 bits per heavy atom. The number of carbonyl (C=O) groups is 1. The molecule has 0 atom stereocenters. The Morgan fingerprint density at radius 2 is 2.14 bits per heavy atom. The molecule has 2 aromatic heterocycles. The maximum Gasteiger partial charge on any atom is 0.337 e. The normalized spacial score (nSPS) is 10.8. The molecule has 0 saturated carbocycles. The summed E-state index contributed by atoms with van der Waals surface area (Å²) in [6.45, 7) is 5.75. The molecule has 0 aromatic carbocycles. The molecule has 22 heavy (non-hydrogen) atoms. The highest BCUT2D eigenvalue weighted by molar-refractivity contribution is 5.99. The van der Waals surface area contributed by atoms with Gasteiger partial charge < -0.3 is 10.2 Å². The van der Waals surface area contributed by atoms with Crippen LogP contribution >= 0.6 is 0 Å². The summed E-state index contributed by atoms with van der Waals surface area (Å²) in [5.74, 6) is -1.04. The second kappa shape index (κ2) is 7.02. The summed E-state index contributed by atoms with van der Waals surface area (Å²) < 4.78 is 0. The highest BCUT2D eigenvalue weighted by atomic mass is 16.4. The number of aryl methyl sites for hydroxylation is 1. The Morgan fingerprint density at radius 3 is 2.77 bits per heavy atom. The topological polar surface area (TPSA) is 83.3 Å². The molecule has 0 spiro atoms. The number of carboxylic acid groups (broad SMARTS) is 1. The van der Waals surface area contributed by atoms with Crippen LogP contribution in [0.2, 0.25) is 0 Å². The van der Waals surface area contributed by atoms with E-state index in [4.69, 9.17) is 0 Å². The molecule has 0 saturated heterocycles. The summed E-state index contributed by atoms with van der Waals surface area (Å²) in [5, 5.41) is 20.2. The van der Waals surface area contributed by atoms with Gasteiger partial charge in [-0.15, -0.1) is 6.58 Å². The highest BCUT2D eigenvalue weighted by Crippen LogP contribution is 2.31. The number of hydrogen-bond acceptors (Lipinski definition) is 4. The molecule has 0 aliphatic rings. The van der Waals surface area contributed by atoms with E-state index in [0.29, 0.717) is 35.0 Å². The standard InChI is InChI=1S/C17H20N2O3/c1-3-5-6-8-11-15-13(9-18-10-14(15)20)19-12(7-4-2)16(11)17(21)22/h4,9-10,20H,2-3,5-8H2,1H3,(H,21,22). The monoisotopic (exact) mass is 300 g/mol. The number of hydrogen-bond donors (Lipinski definition) is 2. The molecule has 0 amide bonds. The van der Waals surface area contributed by atoms with Crippen LogP contribution in [-0.4, -0.2) is 26.2 Å². The van der Waals surface area contributed by atoms with E-state index >= 15 is 0 Å². The maximum absolute atomic E-state index is 11.7. The molecule has 5 nitrogen and oxygen atoms in total. The molecule has 0 aliphatic carbocycles. The summed E-state index contributed by atoms with van der Waals surface area (Å²) in [4.78, 5) is 20.0. The van der Waals surface area contributed by atoms with Crippen LogP contribution in [0, 0.1) is 0 Å². The van der Waals surface area contributed by atoms with Gasteiger partial charge in [0.05, 0.1) is 29.2 Å². The zero-order valence-electron chi connectivity index (χ0n) is 12.7. The van der Waals surface area contributed by atoms with E-state index in [9.17, 15) is 15.0 Å². The zero-order chi connectivity index (χ0) is 16.1. The molecule has 0 radical (unpaired) electrons. The SMILES string of the molecule is C=CCc1nc2cncc(O)c2c(CCCCC)c1C(=O)O. The number of allylic oxidation sites excluding steroid dienone is 1. The second-order valence-corrected chi connectivity index (χ2v) is 5.22. The Balaban J connectivity index is 2.73. The van der Waals surface area contributed by atoms with E-state index in [1.54, 1.807) is 12.3 Å². The van der Waals surface area contributed by atoms with E-state index < -0.39 is 5.97 Å². The fraction of sp³-hybridized carbons (Fsp3) is 0.353. The number of aromatic nitrogens is 2. The van der Waals surface area contributed by atoms with Crippen molar-refractivity contribution in [1.82, 2.24) is 9.97 Å². The molecular weight excluding hydrogens is 280 g/mol. The van der Waals surface area contributed by atoms with Crippen LogP contribution < -0.4 is 0 Å². The molecule has 2 rings (SSSR count). The van der Waals surface area contributed by atoms with Crippen LogP contribution in [0.25, 0.3) is 10.9 Å². The lowest BCUT2D eigenvalue weighted by atomic mass is 9.95. The van der Waals surface area contributed by atoms with Crippen LogP contribution in [-0.2, 0) is 12.8 Å². The van der Waals surface area contributed by atoms with Crippen LogP contribution in [0.5, 0.6) is 5.75 Å². The minimum absolute atomic E-state index is 0.0239. The van der Waals surface area contributed by atoms with E-state index in [0.717, 1.165) is 19.3 Å². The summed E-state index contributed by atoms with van der Waals surface area (Å²) in [6, 6.07) is 0. The van der Waals surface area contributed by atoms with Gasteiger partial charge in [0.2, 0.25) is 0 Å². The van der Waals surface area contributed by atoms with Gasteiger partial charge in [0, 0.05) is 11.8 Å². The first-order valence-corrected chi connectivity index (χ1v) is 7.42. The Labute approximate surface area is 129 Å². The molecule has 0 fully saturated rings. The van der Waals surface area contributed by atoms with Gasteiger partial charge in [-0.05, 0) is 18.4 Å². The molecule has 116 valence electrons. The Kier molecular flexibility index (Phi) is 5.09. The van der Waals surface area contributed by atoms with E-state index in [1.807, 2.05) is 0 Å². The number of aromatic hydroxyl groups is 1. The number of carboxylic acids is 1. The molecule has 5 heteroatoms. The van der Waals surface area contributed by atoms with Gasteiger partial charge in [0.1, 0.15) is 5.75 Å². The number of pyridine rings is 2. The Bertz CT molecular complexity index is 711. The van der Waals surface area contributed by atoms with Crippen molar-refractivity contribution in [1.29, 1.82) is 0 Å².